The van der Waals surface area contributed by atoms with E-state index < -0.39 is 0 Å². The van der Waals surface area contributed by atoms with E-state index in [0.29, 0.717) is 18.2 Å². The number of piperidine rings is 1. The van der Waals surface area contributed by atoms with Crippen LogP contribution in [-0.2, 0) is 0 Å². The highest BCUT2D eigenvalue weighted by Gasteiger charge is 2.16. The zero-order valence-electron chi connectivity index (χ0n) is 13.1. The maximum Gasteiger partial charge on any atom is 0.272 e. The number of carbonyl (C=O) groups is 1. The summed E-state index contributed by atoms with van der Waals surface area (Å²) in [5.41, 5.74) is 1.38. The summed E-state index contributed by atoms with van der Waals surface area (Å²) in [6.07, 6.45) is 3.96. The van der Waals surface area contributed by atoms with Gasteiger partial charge >= 0.3 is 0 Å². The molecule has 1 amide bonds. The smallest absolute Gasteiger partial charge is 0.272 e. The summed E-state index contributed by atoms with van der Waals surface area (Å²) in [5, 5.41) is 10.9. The maximum absolute atomic E-state index is 12.3. The lowest BCUT2D eigenvalue weighted by Crippen LogP contribution is -2.38. The van der Waals surface area contributed by atoms with Gasteiger partial charge in [0.15, 0.2) is 5.69 Å². The van der Waals surface area contributed by atoms with E-state index in [1.165, 1.54) is 32.4 Å². The molecule has 1 fully saturated rings. The molecule has 5 nitrogen and oxygen atoms in total. The van der Waals surface area contributed by atoms with Gasteiger partial charge in [-0.25, -0.2) is 0 Å². The Balaban J connectivity index is 1.53. The lowest BCUT2D eigenvalue weighted by atomic mass is 10.1. The van der Waals surface area contributed by atoms with E-state index >= 15 is 0 Å². The molecule has 1 unspecified atom stereocenters. The molecule has 3 rings (SSSR count). The molecule has 0 bridgehead atoms. The number of benzene rings is 1. The number of para-hydroxylation sites is 1. The zero-order chi connectivity index (χ0) is 15.4. The average Bonchev–Trinajstić information content (AvgIpc) is 2.98. The second-order valence-corrected chi connectivity index (χ2v) is 6.29. The number of hydrogen-bond donors (Lipinski definition) is 2. The summed E-state index contributed by atoms with van der Waals surface area (Å²) in [5.74, 6) is 0.357. The molecule has 1 aromatic heterocycles. The van der Waals surface area contributed by atoms with Crippen LogP contribution in [0.2, 0.25) is 0 Å². The molecule has 2 heterocycles. The van der Waals surface area contributed by atoms with E-state index in [2.05, 4.69) is 27.3 Å². The van der Waals surface area contributed by atoms with Gasteiger partial charge in [-0.2, -0.15) is 5.10 Å². The van der Waals surface area contributed by atoms with Gasteiger partial charge in [0.25, 0.3) is 5.91 Å². The van der Waals surface area contributed by atoms with Gasteiger partial charge in [0.2, 0.25) is 0 Å². The first-order valence-electron chi connectivity index (χ1n) is 8.17. The van der Waals surface area contributed by atoms with Crippen LogP contribution in [0.1, 0.15) is 36.7 Å². The van der Waals surface area contributed by atoms with Gasteiger partial charge in [0, 0.05) is 18.5 Å². The van der Waals surface area contributed by atoms with Crippen molar-refractivity contribution in [3.8, 4) is 0 Å². The van der Waals surface area contributed by atoms with E-state index in [9.17, 15) is 4.79 Å². The highest BCUT2D eigenvalue weighted by Crippen LogP contribution is 2.15. The minimum Gasteiger partial charge on any atom is -0.350 e. The van der Waals surface area contributed by atoms with Crippen molar-refractivity contribution in [3.63, 3.8) is 0 Å². The largest absolute Gasteiger partial charge is 0.350 e. The topological polar surface area (TPSA) is 61.0 Å². The van der Waals surface area contributed by atoms with Crippen molar-refractivity contribution in [3.05, 3.63) is 30.0 Å². The molecule has 1 atom stereocenters. The molecule has 1 aliphatic heterocycles. The SMILES string of the molecule is CC(CNC(=O)c1n[nH]c2ccccc12)CN1CCCCC1. The summed E-state index contributed by atoms with van der Waals surface area (Å²) >= 11 is 0. The Morgan fingerprint density at radius 3 is 2.91 bits per heavy atom. The Kier molecular flexibility index (Phi) is 4.73. The Morgan fingerprint density at radius 2 is 2.09 bits per heavy atom. The molecule has 2 aromatic rings. The predicted molar refractivity (Wildman–Crippen MR) is 87.9 cm³/mol. The molecule has 1 saturated heterocycles. The highest BCUT2D eigenvalue weighted by atomic mass is 16.1. The van der Waals surface area contributed by atoms with E-state index in [1.807, 2.05) is 24.3 Å². The molecular formula is C17H24N4O. The molecule has 1 aromatic carbocycles. The molecule has 1 aliphatic rings. The average molecular weight is 300 g/mol. The predicted octanol–water partition coefficient (Wildman–Crippen LogP) is 2.41. The van der Waals surface area contributed by atoms with E-state index in [-0.39, 0.29) is 5.91 Å². The second-order valence-electron chi connectivity index (χ2n) is 6.29. The lowest BCUT2D eigenvalue weighted by molar-refractivity contribution is 0.0939. The summed E-state index contributed by atoms with van der Waals surface area (Å²) in [6, 6.07) is 7.71. The third-order valence-corrected chi connectivity index (χ3v) is 4.32. The first kappa shape index (κ1) is 15.0. The van der Waals surface area contributed by atoms with Gasteiger partial charge in [-0.1, -0.05) is 31.5 Å². The van der Waals surface area contributed by atoms with Gasteiger partial charge in [-0.3, -0.25) is 9.89 Å². The molecule has 0 aliphatic carbocycles. The number of aromatic amines is 1. The van der Waals surface area contributed by atoms with Gasteiger partial charge in [-0.15, -0.1) is 0 Å². The third-order valence-electron chi connectivity index (χ3n) is 4.32. The highest BCUT2D eigenvalue weighted by molar-refractivity contribution is 6.04. The Hall–Kier alpha value is -1.88. The minimum absolute atomic E-state index is 0.0945. The van der Waals surface area contributed by atoms with Crippen molar-refractivity contribution >= 4 is 16.8 Å². The summed E-state index contributed by atoms with van der Waals surface area (Å²) in [7, 11) is 0. The Bertz CT molecular complexity index is 630. The van der Waals surface area contributed by atoms with Crippen LogP contribution < -0.4 is 5.32 Å². The maximum atomic E-state index is 12.3. The molecular weight excluding hydrogens is 276 g/mol. The summed E-state index contributed by atoms with van der Waals surface area (Å²) in [4.78, 5) is 14.8. The van der Waals surface area contributed by atoms with Crippen LogP contribution in [0.3, 0.4) is 0 Å². The molecule has 118 valence electrons. The quantitative estimate of drug-likeness (QED) is 0.891. The Labute approximate surface area is 131 Å². The number of aromatic nitrogens is 2. The normalized spacial score (nSPS) is 17.5. The van der Waals surface area contributed by atoms with Crippen molar-refractivity contribution < 1.29 is 4.79 Å². The molecule has 22 heavy (non-hydrogen) atoms. The fourth-order valence-corrected chi connectivity index (χ4v) is 3.13. The number of carbonyl (C=O) groups excluding carboxylic acids is 1. The number of likely N-dealkylation sites (tertiary alicyclic amines) is 1. The van der Waals surface area contributed by atoms with Crippen LogP contribution in [0.4, 0.5) is 0 Å². The second kappa shape index (κ2) is 6.92. The number of rotatable bonds is 5. The monoisotopic (exact) mass is 300 g/mol. The van der Waals surface area contributed by atoms with Crippen LogP contribution in [0.5, 0.6) is 0 Å². The van der Waals surface area contributed by atoms with Crippen molar-refractivity contribution in [2.75, 3.05) is 26.2 Å². The number of H-pyrrole nitrogens is 1. The number of hydrogen-bond acceptors (Lipinski definition) is 3. The molecule has 0 spiro atoms. The van der Waals surface area contributed by atoms with Crippen molar-refractivity contribution in [2.24, 2.45) is 5.92 Å². The minimum atomic E-state index is -0.0945. The van der Waals surface area contributed by atoms with Gasteiger partial charge in [0.1, 0.15) is 0 Å². The number of nitrogens with zero attached hydrogens (tertiary/aromatic N) is 2. The van der Waals surface area contributed by atoms with Crippen LogP contribution >= 0.6 is 0 Å². The molecule has 0 radical (unpaired) electrons. The molecule has 5 heteroatoms. The van der Waals surface area contributed by atoms with Crippen LogP contribution in [-0.4, -0.2) is 47.2 Å². The van der Waals surface area contributed by atoms with E-state index in [4.69, 9.17) is 0 Å². The number of nitrogens with one attached hydrogen (secondary N) is 2. The summed E-state index contributed by atoms with van der Waals surface area (Å²) in [6.45, 7) is 6.33. The summed E-state index contributed by atoms with van der Waals surface area (Å²) < 4.78 is 0. The zero-order valence-corrected chi connectivity index (χ0v) is 13.1. The van der Waals surface area contributed by atoms with Gasteiger partial charge in [0.05, 0.1) is 5.52 Å². The lowest BCUT2D eigenvalue weighted by Gasteiger charge is -2.29. The van der Waals surface area contributed by atoms with Crippen molar-refractivity contribution in [2.45, 2.75) is 26.2 Å². The third kappa shape index (κ3) is 3.47. The van der Waals surface area contributed by atoms with Crippen molar-refractivity contribution in [1.29, 1.82) is 0 Å². The number of amides is 1. The first-order chi connectivity index (χ1) is 10.7. The fourth-order valence-electron chi connectivity index (χ4n) is 3.13. The van der Waals surface area contributed by atoms with Crippen LogP contribution in [0, 0.1) is 5.92 Å². The van der Waals surface area contributed by atoms with Crippen LogP contribution in [0.25, 0.3) is 10.9 Å². The standard InChI is InChI=1S/C17H24N4O/c1-13(12-21-9-5-2-6-10-21)11-18-17(22)16-14-7-3-4-8-15(14)19-20-16/h3-4,7-8,13H,2,5-6,9-12H2,1H3,(H,18,22)(H,19,20). The van der Waals surface area contributed by atoms with E-state index in [1.54, 1.807) is 0 Å². The first-order valence-corrected chi connectivity index (χ1v) is 8.17. The van der Waals surface area contributed by atoms with Gasteiger partial charge in [-0.05, 0) is 37.9 Å². The van der Waals surface area contributed by atoms with Crippen molar-refractivity contribution in [1.82, 2.24) is 20.4 Å². The molecule has 0 saturated carbocycles. The fraction of sp³-hybridized carbons (Fsp3) is 0.529. The number of fused-ring (bicyclic) bond motifs is 1. The van der Waals surface area contributed by atoms with Crippen LogP contribution in [0.15, 0.2) is 24.3 Å². The van der Waals surface area contributed by atoms with Gasteiger partial charge < -0.3 is 10.2 Å². The Morgan fingerprint density at radius 1 is 1.32 bits per heavy atom. The van der Waals surface area contributed by atoms with E-state index in [0.717, 1.165) is 17.4 Å². The molecule has 2 N–H and O–H groups in total.